The van der Waals surface area contributed by atoms with E-state index in [1.165, 1.54) is 18.2 Å². The zero-order valence-electron chi connectivity index (χ0n) is 9.36. The normalized spacial score (nSPS) is 14.5. The summed E-state index contributed by atoms with van der Waals surface area (Å²) in [7, 11) is 0. The van der Waals surface area contributed by atoms with Crippen LogP contribution >= 0.6 is 11.6 Å². The summed E-state index contributed by atoms with van der Waals surface area (Å²) in [4.78, 5) is 0. The van der Waals surface area contributed by atoms with Gasteiger partial charge in [0.05, 0.1) is 11.6 Å². The molecule has 0 spiro atoms. The van der Waals surface area contributed by atoms with Gasteiger partial charge in [0.15, 0.2) is 5.76 Å². The van der Waals surface area contributed by atoms with Crippen LogP contribution in [0.3, 0.4) is 0 Å². The third-order valence-corrected chi connectivity index (χ3v) is 2.57. The Morgan fingerprint density at radius 1 is 1.22 bits per heavy atom. The zero-order chi connectivity index (χ0) is 13.0. The van der Waals surface area contributed by atoms with Crippen LogP contribution in [-0.4, -0.2) is 5.11 Å². The maximum Gasteiger partial charge on any atom is 0.169 e. The highest BCUT2D eigenvalue weighted by atomic mass is 35.5. The minimum Gasteiger partial charge on any atom is -0.449 e. The Morgan fingerprint density at radius 3 is 2.61 bits per heavy atom. The Morgan fingerprint density at radius 2 is 1.94 bits per heavy atom. The molecule has 0 unspecified atom stereocenters. The SMILES string of the molecule is OCc1ccc(OC2=C=CC(Cl)=C(F)C=C2)cc1. The van der Waals surface area contributed by atoms with Crippen molar-refractivity contribution in [3.8, 4) is 5.75 Å². The molecule has 1 aliphatic rings. The highest BCUT2D eigenvalue weighted by Gasteiger charge is 2.03. The van der Waals surface area contributed by atoms with E-state index >= 15 is 0 Å². The second-order valence-corrected chi connectivity index (χ2v) is 3.99. The van der Waals surface area contributed by atoms with E-state index < -0.39 is 5.83 Å². The Balaban J connectivity index is 2.15. The predicted octanol–water partition coefficient (Wildman–Crippen LogP) is 3.59. The molecule has 1 N–H and O–H groups in total. The Hall–Kier alpha value is -1.80. The van der Waals surface area contributed by atoms with Crippen molar-refractivity contribution < 1.29 is 14.2 Å². The lowest BCUT2D eigenvalue weighted by Gasteiger charge is -2.04. The zero-order valence-corrected chi connectivity index (χ0v) is 10.1. The summed E-state index contributed by atoms with van der Waals surface area (Å²) < 4.78 is 18.6. The number of hydrogen-bond acceptors (Lipinski definition) is 2. The van der Waals surface area contributed by atoms with Gasteiger partial charge in [0, 0.05) is 6.08 Å². The van der Waals surface area contributed by atoms with Crippen LogP contribution in [0.1, 0.15) is 5.56 Å². The van der Waals surface area contributed by atoms with Crippen molar-refractivity contribution in [2.45, 2.75) is 6.61 Å². The van der Waals surface area contributed by atoms with Crippen LogP contribution in [0, 0.1) is 0 Å². The van der Waals surface area contributed by atoms with Crippen molar-refractivity contribution in [2.24, 2.45) is 0 Å². The van der Waals surface area contributed by atoms with E-state index in [0.717, 1.165) is 5.56 Å². The number of aliphatic hydroxyl groups is 1. The van der Waals surface area contributed by atoms with Crippen LogP contribution in [0.2, 0.25) is 0 Å². The molecule has 4 heteroatoms. The van der Waals surface area contributed by atoms with Gasteiger partial charge in [-0.1, -0.05) is 29.5 Å². The molecule has 1 aromatic rings. The van der Waals surface area contributed by atoms with E-state index in [1.807, 2.05) is 0 Å². The molecule has 0 saturated carbocycles. The molecule has 0 saturated heterocycles. The van der Waals surface area contributed by atoms with Gasteiger partial charge in [-0.05, 0) is 29.8 Å². The fourth-order valence-corrected chi connectivity index (χ4v) is 1.45. The molecule has 18 heavy (non-hydrogen) atoms. The van der Waals surface area contributed by atoms with Crippen LogP contribution < -0.4 is 4.74 Å². The monoisotopic (exact) mass is 264 g/mol. The van der Waals surface area contributed by atoms with Gasteiger partial charge in [-0.2, -0.15) is 0 Å². The van der Waals surface area contributed by atoms with Crippen molar-refractivity contribution >= 4 is 11.6 Å². The van der Waals surface area contributed by atoms with Crippen LogP contribution in [0.4, 0.5) is 4.39 Å². The second-order valence-electron chi connectivity index (χ2n) is 3.59. The molecule has 2 rings (SSSR count). The first-order valence-corrected chi connectivity index (χ1v) is 5.64. The van der Waals surface area contributed by atoms with Gasteiger partial charge in [-0.3, -0.25) is 0 Å². The van der Waals surface area contributed by atoms with E-state index in [2.05, 4.69) is 5.73 Å². The molecule has 0 bridgehead atoms. The van der Waals surface area contributed by atoms with Crippen LogP contribution in [0.5, 0.6) is 5.75 Å². The summed E-state index contributed by atoms with van der Waals surface area (Å²) in [6.07, 6.45) is 3.98. The number of rotatable bonds is 3. The van der Waals surface area contributed by atoms with E-state index in [1.54, 1.807) is 24.3 Å². The molecule has 2 nitrogen and oxygen atoms in total. The Labute approximate surface area is 109 Å². The van der Waals surface area contributed by atoms with Gasteiger partial charge in [-0.25, -0.2) is 4.39 Å². The molecule has 0 radical (unpaired) electrons. The fourth-order valence-electron chi connectivity index (χ4n) is 1.33. The first-order valence-electron chi connectivity index (χ1n) is 5.27. The summed E-state index contributed by atoms with van der Waals surface area (Å²) >= 11 is 5.62. The van der Waals surface area contributed by atoms with Gasteiger partial charge in [0.1, 0.15) is 11.6 Å². The van der Waals surface area contributed by atoms with Crippen LogP contribution in [0.15, 0.2) is 64.8 Å². The number of aliphatic hydroxyl groups excluding tert-OH is 1. The second kappa shape index (κ2) is 5.69. The molecular weight excluding hydrogens is 255 g/mol. The lowest BCUT2D eigenvalue weighted by atomic mass is 10.2. The largest absolute Gasteiger partial charge is 0.449 e. The summed E-state index contributed by atoms with van der Waals surface area (Å²) in [5, 5.41) is 8.90. The Kier molecular flexibility index (Phi) is 4.00. The van der Waals surface area contributed by atoms with Gasteiger partial charge < -0.3 is 9.84 Å². The minimum atomic E-state index is -0.529. The fraction of sp³-hybridized carbons (Fsp3) is 0.0714. The van der Waals surface area contributed by atoms with Crippen molar-refractivity contribution in [1.82, 2.24) is 0 Å². The molecular formula is C14H10ClFO2. The molecule has 0 aromatic heterocycles. The average molecular weight is 265 g/mol. The average Bonchev–Trinajstić information content (AvgIpc) is 2.55. The molecule has 1 aromatic carbocycles. The standard InChI is InChI=1S/C14H10ClFO2/c15-13-7-5-12(6-8-14(13)16)18-11-3-1-10(9-17)2-4-11/h1-4,6-8,17H,9H2. The van der Waals surface area contributed by atoms with Crippen molar-refractivity contribution in [3.05, 3.63) is 70.4 Å². The van der Waals surface area contributed by atoms with Crippen LogP contribution in [-0.2, 0) is 6.61 Å². The van der Waals surface area contributed by atoms with E-state index in [-0.39, 0.29) is 11.6 Å². The molecule has 0 fully saturated rings. The van der Waals surface area contributed by atoms with Gasteiger partial charge >= 0.3 is 0 Å². The molecule has 0 heterocycles. The first-order chi connectivity index (χ1) is 8.69. The molecule has 92 valence electrons. The number of benzene rings is 1. The predicted molar refractivity (Wildman–Crippen MR) is 67.7 cm³/mol. The minimum absolute atomic E-state index is 0.0134. The smallest absolute Gasteiger partial charge is 0.169 e. The summed E-state index contributed by atoms with van der Waals surface area (Å²) in [6, 6.07) is 6.91. The highest BCUT2D eigenvalue weighted by Crippen LogP contribution is 2.20. The highest BCUT2D eigenvalue weighted by molar-refractivity contribution is 6.31. The van der Waals surface area contributed by atoms with Gasteiger partial charge in [0.25, 0.3) is 0 Å². The van der Waals surface area contributed by atoms with Gasteiger partial charge in [-0.15, -0.1) is 0 Å². The third-order valence-electron chi connectivity index (χ3n) is 2.28. The van der Waals surface area contributed by atoms with Crippen molar-refractivity contribution in [3.63, 3.8) is 0 Å². The maximum atomic E-state index is 13.1. The number of ether oxygens (including phenoxy) is 1. The number of hydrogen-bond donors (Lipinski definition) is 1. The maximum absolute atomic E-state index is 13.1. The van der Waals surface area contributed by atoms with Crippen molar-refractivity contribution in [1.29, 1.82) is 0 Å². The lowest BCUT2D eigenvalue weighted by Crippen LogP contribution is -1.91. The molecule has 1 aliphatic carbocycles. The number of allylic oxidation sites excluding steroid dienone is 4. The van der Waals surface area contributed by atoms with E-state index in [9.17, 15) is 4.39 Å². The van der Waals surface area contributed by atoms with E-state index in [4.69, 9.17) is 21.4 Å². The molecule has 0 amide bonds. The quantitative estimate of drug-likeness (QED) is 0.846. The summed E-state index contributed by atoms with van der Waals surface area (Å²) in [5.74, 6) is 0.405. The molecule has 0 atom stereocenters. The lowest BCUT2D eigenvalue weighted by molar-refractivity contribution is 0.281. The van der Waals surface area contributed by atoms with E-state index in [0.29, 0.717) is 11.5 Å². The van der Waals surface area contributed by atoms with Crippen molar-refractivity contribution in [2.75, 3.05) is 0 Å². The Bertz CT molecular complexity index is 564. The third kappa shape index (κ3) is 3.11. The topological polar surface area (TPSA) is 29.5 Å². The van der Waals surface area contributed by atoms with Crippen LogP contribution in [0.25, 0.3) is 0 Å². The first kappa shape index (κ1) is 12.7. The summed E-state index contributed by atoms with van der Waals surface area (Å²) in [6.45, 7) is -0.0203. The van der Waals surface area contributed by atoms with Gasteiger partial charge in [0.2, 0.25) is 0 Å². The number of halogens is 2. The molecule has 0 aliphatic heterocycles. The summed E-state index contributed by atoms with van der Waals surface area (Å²) in [5.41, 5.74) is 3.53.